The molecule has 4 heteroatoms. The van der Waals surface area contributed by atoms with Crippen LogP contribution in [0.1, 0.15) is 45.5 Å². The van der Waals surface area contributed by atoms with Gasteiger partial charge in [0.2, 0.25) is 0 Å². The van der Waals surface area contributed by atoms with Crippen LogP contribution in [-0.4, -0.2) is 20.2 Å². The van der Waals surface area contributed by atoms with Gasteiger partial charge in [-0.25, -0.2) is 0 Å². The van der Waals surface area contributed by atoms with E-state index in [1.807, 2.05) is 24.3 Å². The van der Waals surface area contributed by atoms with Crippen molar-refractivity contribution >= 4 is 108 Å². The van der Waals surface area contributed by atoms with E-state index in [1.54, 1.807) is 12.1 Å². The van der Waals surface area contributed by atoms with E-state index in [0.717, 1.165) is 44.3 Å². The molecule has 12 aromatic carbocycles. The van der Waals surface area contributed by atoms with Gasteiger partial charge in [0.05, 0.1) is 11.8 Å². The number of hydrogen-bond donors (Lipinski definition) is 4. The van der Waals surface area contributed by atoms with E-state index in [0.29, 0.717) is 0 Å². The molecule has 4 nitrogen and oxygen atoms in total. The highest BCUT2D eigenvalue weighted by molar-refractivity contribution is 6.34. The molecular formula is C58H34N2O2. The van der Waals surface area contributed by atoms with E-state index in [1.165, 1.54) is 97.3 Å². The van der Waals surface area contributed by atoms with Gasteiger partial charge in [-0.3, -0.25) is 0 Å². The summed E-state index contributed by atoms with van der Waals surface area (Å²) in [5, 5.41) is 44.5. The predicted molar refractivity (Wildman–Crippen MR) is 257 cm³/mol. The number of aromatic hydroxyl groups is 2. The van der Waals surface area contributed by atoms with Crippen LogP contribution in [0, 0.1) is 0 Å². The number of fused-ring (bicyclic) bond motifs is 10. The van der Waals surface area contributed by atoms with Gasteiger partial charge in [-0.05, 0) is 145 Å². The van der Waals surface area contributed by atoms with Crippen LogP contribution in [0.3, 0.4) is 0 Å². The van der Waals surface area contributed by atoms with Crippen molar-refractivity contribution in [3.05, 3.63) is 203 Å². The molecule has 2 unspecified atom stereocenters. The van der Waals surface area contributed by atoms with Crippen molar-refractivity contribution in [3.63, 3.8) is 0 Å². The minimum atomic E-state index is -0.233. The molecule has 0 amide bonds. The Morgan fingerprint density at radius 1 is 0.306 bits per heavy atom. The van der Waals surface area contributed by atoms with Gasteiger partial charge >= 0.3 is 0 Å². The molecule has 0 aliphatic heterocycles. The third kappa shape index (κ3) is 3.98. The van der Waals surface area contributed by atoms with Crippen LogP contribution in [0.25, 0.3) is 108 Å². The molecule has 15 rings (SSSR count). The number of rotatable bonds is 2. The molecule has 14 aromatic rings. The van der Waals surface area contributed by atoms with E-state index in [9.17, 15) is 10.2 Å². The van der Waals surface area contributed by atoms with Crippen LogP contribution >= 0.6 is 0 Å². The average Bonchev–Trinajstić information content (AvgIpc) is 3.87. The lowest BCUT2D eigenvalue weighted by Gasteiger charge is -2.33. The van der Waals surface area contributed by atoms with Gasteiger partial charge in [-0.15, -0.1) is 0 Å². The van der Waals surface area contributed by atoms with Crippen molar-refractivity contribution < 1.29 is 10.2 Å². The number of H-pyrrole nitrogens is 2. The van der Waals surface area contributed by atoms with Crippen LogP contribution < -0.4 is 0 Å². The van der Waals surface area contributed by atoms with Gasteiger partial charge in [0.25, 0.3) is 0 Å². The topological polar surface area (TPSA) is 72.0 Å². The highest BCUT2D eigenvalue weighted by Gasteiger charge is 2.41. The van der Waals surface area contributed by atoms with E-state index in [4.69, 9.17) is 0 Å². The Hall–Kier alpha value is -8.08. The van der Waals surface area contributed by atoms with Gasteiger partial charge in [-0.2, -0.15) is 0 Å². The maximum Gasteiger partial charge on any atom is 0.116 e. The van der Waals surface area contributed by atoms with Crippen molar-refractivity contribution in [1.29, 1.82) is 0 Å². The predicted octanol–water partition coefficient (Wildman–Crippen LogP) is 14.8. The van der Waals surface area contributed by atoms with Gasteiger partial charge in [0, 0.05) is 33.2 Å². The normalized spacial score (nSPS) is 15.5. The third-order valence-electron chi connectivity index (χ3n) is 14.6. The summed E-state index contributed by atoms with van der Waals surface area (Å²) in [4.78, 5) is 7.97. The zero-order chi connectivity index (χ0) is 40.5. The summed E-state index contributed by atoms with van der Waals surface area (Å²) in [5.74, 6) is 0.00196. The summed E-state index contributed by atoms with van der Waals surface area (Å²) < 4.78 is 0. The van der Waals surface area contributed by atoms with Crippen molar-refractivity contribution in [3.8, 4) is 11.5 Å². The number of benzene rings is 12. The Morgan fingerprint density at radius 3 is 1.05 bits per heavy atom. The molecular weight excluding hydrogens is 757 g/mol. The number of phenols is 2. The quantitative estimate of drug-likeness (QED) is 0.104. The molecule has 2 heterocycles. The monoisotopic (exact) mass is 790 g/mol. The number of nitrogens with one attached hydrogen (secondary N) is 2. The molecule has 1 aliphatic rings. The molecule has 0 spiro atoms. The second kappa shape index (κ2) is 11.4. The van der Waals surface area contributed by atoms with E-state index >= 15 is 0 Å². The minimum Gasteiger partial charge on any atom is -0.508 e. The van der Waals surface area contributed by atoms with Crippen molar-refractivity contribution in [2.45, 2.75) is 11.8 Å². The Kier molecular flexibility index (Phi) is 6.01. The molecule has 62 heavy (non-hydrogen) atoms. The van der Waals surface area contributed by atoms with Crippen LogP contribution in [0.2, 0.25) is 0 Å². The first-order valence-electron chi connectivity index (χ1n) is 21.4. The summed E-state index contributed by atoms with van der Waals surface area (Å²) in [6.45, 7) is 0. The SMILES string of the molecule is Oc1ccc2[nH]c3c(c2c1)C(c1ccc2c4cccc5cccc(c6cccc1c62)c54)c1[nH]c2ccc(O)cc2c1C3c1ccc2c3cccc4cccc(c5cccc1c52)c43. The lowest BCUT2D eigenvalue weighted by molar-refractivity contribution is 0.475. The molecule has 1 aliphatic carbocycles. The number of hydrogen-bond acceptors (Lipinski definition) is 2. The van der Waals surface area contributed by atoms with Crippen molar-refractivity contribution in [2.75, 3.05) is 0 Å². The summed E-state index contributed by atoms with van der Waals surface area (Å²) >= 11 is 0. The Labute approximate surface area is 353 Å². The van der Waals surface area contributed by atoms with Gasteiger partial charge < -0.3 is 20.2 Å². The summed E-state index contributed by atoms with van der Waals surface area (Å²) in [6, 6.07) is 61.0. The first kappa shape index (κ1) is 32.7. The molecule has 2 atom stereocenters. The largest absolute Gasteiger partial charge is 0.508 e. The molecule has 288 valence electrons. The lowest BCUT2D eigenvalue weighted by Crippen LogP contribution is -2.20. The first-order chi connectivity index (χ1) is 30.6. The summed E-state index contributed by atoms with van der Waals surface area (Å²) in [6.07, 6.45) is 0. The molecule has 2 aromatic heterocycles. The Bertz CT molecular complexity index is 3890. The standard InChI is InChI=1S/C58H34N2O2/c61-31-19-25-47-45(27-31)55-53(43-23-21-41-35-13-3-9-29-7-1-11-33(49(29)35)37-15-5-17-39(43)51(37)41)57-56(46-28-32(62)20-26-48(46)59-57)54(58(55)60-47)44-24-22-42-36-14-4-10-30-8-2-12-34(50(30)36)38-16-6-18-40(44)52(38)42/h1-28,53-54,59-62H. The fourth-order valence-electron chi connectivity index (χ4n) is 12.3. The van der Waals surface area contributed by atoms with E-state index in [-0.39, 0.29) is 23.3 Å². The molecule has 0 bridgehead atoms. The third-order valence-corrected chi connectivity index (χ3v) is 14.6. The molecule has 0 fully saturated rings. The van der Waals surface area contributed by atoms with Crippen LogP contribution in [-0.2, 0) is 0 Å². The molecule has 0 saturated heterocycles. The van der Waals surface area contributed by atoms with Crippen molar-refractivity contribution in [2.24, 2.45) is 0 Å². The van der Waals surface area contributed by atoms with Gasteiger partial charge in [-0.1, -0.05) is 133 Å². The Morgan fingerprint density at radius 2 is 0.645 bits per heavy atom. The zero-order valence-corrected chi connectivity index (χ0v) is 33.2. The van der Waals surface area contributed by atoms with Gasteiger partial charge in [0.1, 0.15) is 11.5 Å². The van der Waals surface area contributed by atoms with Gasteiger partial charge in [0.15, 0.2) is 0 Å². The number of aromatic nitrogens is 2. The molecule has 4 N–H and O–H groups in total. The van der Waals surface area contributed by atoms with Crippen LogP contribution in [0.4, 0.5) is 0 Å². The highest BCUT2D eigenvalue weighted by atomic mass is 16.3. The fourth-order valence-corrected chi connectivity index (χ4v) is 12.3. The zero-order valence-electron chi connectivity index (χ0n) is 33.2. The Balaban J connectivity index is 1.09. The smallest absolute Gasteiger partial charge is 0.116 e. The number of phenolic OH excluding ortho intramolecular Hbond substituents is 2. The fraction of sp³-hybridized carbons (Fsp3) is 0.0345. The van der Waals surface area contributed by atoms with E-state index in [2.05, 4.69) is 143 Å². The summed E-state index contributed by atoms with van der Waals surface area (Å²) in [7, 11) is 0. The average molecular weight is 791 g/mol. The van der Waals surface area contributed by atoms with E-state index < -0.39 is 0 Å². The summed E-state index contributed by atoms with van der Waals surface area (Å²) in [5.41, 5.74) is 8.85. The second-order valence-corrected chi connectivity index (χ2v) is 17.5. The molecule has 0 radical (unpaired) electrons. The van der Waals surface area contributed by atoms with Crippen LogP contribution in [0.15, 0.2) is 170 Å². The minimum absolute atomic E-state index is 0.233. The molecule has 0 saturated carbocycles. The van der Waals surface area contributed by atoms with Crippen LogP contribution in [0.5, 0.6) is 11.5 Å². The second-order valence-electron chi connectivity index (χ2n) is 17.5. The maximum atomic E-state index is 11.2. The first-order valence-corrected chi connectivity index (χ1v) is 21.4. The highest BCUT2D eigenvalue weighted by Crippen LogP contribution is 2.56. The maximum absolute atomic E-state index is 11.2. The van der Waals surface area contributed by atoms with Crippen molar-refractivity contribution in [1.82, 2.24) is 9.97 Å². The lowest BCUT2D eigenvalue weighted by atomic mass is 9.70. The number of aromatic amines is 2.